The van der Waals surface area contributed by atoms with Crippen LogP contribution in [0.15, 0.2) is 35.2 Å². The maximum absolute atomic E-state index is 12.4. The standard InChI is InChI=1S/C16H15NO5S2/c1-10-9-13(11(2)23-10)16(19)22-8-7-17-15(18)12-5-3-4-6-14(12)24(17,20)21/h3-6,9H,7-8H2,1-2H3. The van der Waals surface area contributed by atoms with Gasteiger partial charge < -0.3 is 4.74 Å². The Kier molecular flexibility index (Phi) is 4.18. The van der Waals surface area contributed by atoms with Crippen molar-refractivity contribution in [2.45, 2.75) is 18.7 Å². The van der Waals surface area contributed by atoms with E-state index in [1.807, 2.05) is 13.8 Å². The first-order valence-electron chi connectivity index (χ1n) is 7.22. The number of hydrogen-bond donors (Lipinski definition) is 0. The van der Waals surface area contributed by atoms with Gasteiger partial charge in [0.1, 0.15) is 11.5 Å². The van der Waals surface area contributed by atoms with Crippen LogP contribution in [0.25, 0.3) is 0 Å². The van der Waals surface area contributed by atoms with Crippen LogP contribution >= 0.6 is 11.3 Å². The van der Waals surface area contributed by atoms with Gasteiger partial charge in [-0.25, -0.2) is 17.5 Å². The number of esters is 1. The normalized spacial score (nSPS) is 15.4. The number of aryl methyl sites for hydroxylation is 2. The van der Waals surface area contributed by atoms with E-state index in [4.69, 9.17) is 4.74 Å². The van der Waals surface area contributed by atoms with Crippen molar-refractivity contribution in [3.05, 3.63) is 51.2 Å². The molecular formula is C16H15NO5S2. The fraction of sp³-hybridized carbons (Fsp3) is 0.250. The summed E-state index contributed by atoms with van der Waals surface area (Å²) in [6.45, 7) is 3.32. The van der Waals surface area contributed by atoms with Gasteiger partial charge in [-0.3, -0.25) is 4.79 Å². The van der Waals surface area contributed by atoms with Crippen molar-refractivity contribution in [3.8, 4) is 0 Å². The first-order valence-corrected chi connectivity index (χ1v) is 9.48. The van der Waals surface area contributed by atoms with Crippen LogP contribution in [0.1, 0.15) is 30.5 Å². The SMILES string of the molecule is Cc1cc(C(=O)OCCN2C(=O)c3ccccc3S2(=O)=O)c(C)s1. The quantitative estimate of drug-likeness (QED) is 0.777. The highest BCUT2D eigenvalue weighted by Gasteiger charge is 2.40. The molecule has 1 aliphatic heterocycles. The van der Waals surface area contributed by atoms with Gasteiger partial charge in [0.05, 0.1) is 17.7 Å². The number of carbonyl (C=O) groups is 2. The Morgan fingerprint density at radius 1 is 1.25 bits per heavy atom. The van der Waals surface area contributed by atoms with E-state index in [0.29, 0.717) is 5.56 Å². The van der Waals surface area contributed by atoms with Gasteiger partial charge in [-0.05, 0) is 32.0 Å². The Morgan fingerprint density at radius 2 is 1.96 bits per heavy atom. The average Bonchev–Trinajstić information content (AvgIpc) is 2.97. The molecule has 0 bridgehead atoms. The highest BCUT2D eigenvalue weighted by molar-refractivity contribution is 7.90. The molecule has 1 aliphatic rings. The zero-order valence-electron chi connectivity index (χ0n) is 13.1. The zero-order chi connectivity index (χ0) is 17.5. The van der Waals surface area contributed by atoms with Crippen LogP contribution in [0.4, 0.5) is 0 Å². The fourth-order valence-corrected chi connectivity index (χ4v) is 5.05. The molecule has 0 saturated heterocycles. The number of fused-ring (bicyclic) bond motifs is 1. The molecule has 6 nitrogen and oxygen atoms in total. The second-order valence-electron chi connectivity index (χ2n) is 5.34. The van der Waals surface area contributed by atoms with Crippen LogP contribution in [0, 0.1) is 13.8 Å². The Morgan fingerprint density at radius 3 is 2.58 bits per heavy atom. The zero-order valence-corrected chi connectivity index (χ0v) is 14.7. The molecule has 8 heteroatoms. The summed E-state index contributed by atoms with van der Waals surface area (Å²) in [6, 6.07) is 7.77. The van der Waals surface area contributed by atoms with Crippen LogP contribution in [0.3, 0.4) is 0 Å². The van der Waals surface area contributed by atoms with Gasteiger partial charge in [0, 0.05) is 9.75 Å². The van der Waals surface area contributed by atoms with Crippen molar-refractivity contribution in [1.29, 1.82) is 0 Å². The Labute approximate surface area is 143 Å². The minimum atomic E-state index is -3.87. The Hall–Kier alpha value is -2.19. The smallest absolute Gasteiger partial charge is 0.339 e. The maximum Gasteiger partial charge on any atom is 0.339 e. The van der Waals surface area contributed by atoms with E-state index in [1.165, 1.54) is 23.5 Å². The molecule has 0 saturated carbocycles. The number of ether oxygens (including phenoxy) is 1. The summed E-state index contributed by atoms with van der Waals surface area (Å²) >= 11 is 1.49. The van der Waals surface area contributed by atoms with Crippen LogP contribution in [-0.4, -0.2) is 37.8 Å². The van der Waals surface area contributed by atoms with Gasteiger partial charge in [-0.1, -0.05) is 12.1 Å². The van der Waals surface area contributed by atoms with E-state index >= 15 is 0 Å². The summed E-state index contributed by atoms with van der Waals surface area (Å²) in [6.07, 6.45) is 0. The van der Waals surface area contributed by atoms with Crippen LogP contribution < -0.4 is 0 Å². The van der Waals surface area contributed by atoms with Gasteiger partial charge in [0.15, 0.2) is 0 Å². The monoisotopic (exact) mass is 365 g/mol. The summed E-state index contributed by atoms with van der Waals surface area (Å²) in [5, 5.41) is 0. The van der Waals surface area contributed by atoms with Crippen LogP contribution in [0.2, 0.25) is 0 Å². The highest BCUT2D eigenvalue weighted by Crippen LogP contribution is 2.29. The van der Waals surface area contributed by atoms with E-state index in [9.17, 15) is 18.0 Å². The van der Waals surface area contributed by atoms with Crippen molar-refractivity contribution in [2.75, 3.05) is 13.2 Å². The lowest BCUT2D eigenvalue weighted by atomic mass is 10.2. The number of sulfonamides is 1. The lowest BCUT2D eigenvalue weighted by Gasteiger charge is -2.14. The van der Waals surface area contributed by atoms with E-state index < -0.39 is 21.9 Å². The minimum Gasteiger partial charge on any atom is -0.460 e. The molecule has 24 heavy (non-hydrogen) atoms. The number of benzene rings is 1. The van der Waals surface area contributed by atoms with Gasteiger partial charge in [-0.15, -0.1) is 11.3 Å². The van der Waals surface area contributed by atoms with E-state index in [-0.39, 0.29) is 23.6 Å². The molecule has 1 amide bonds. The third-order valence-corrected chi connectivity index (χ3v) is 6.51. The molecule has 0 radical (unpaired) electrons. The number of carbonyl (C=O) groups excluding carboxylic acids is 2. The molecule has 1 aromatic carbocycles. The van der Waals surface area contributed by atoms with Gasteiger partial charge in [-0.2, -0.15) is 0 Å². The molecular weight excluding hydrogens is 350 g/mol. The largest absolute Gasteiger partial charge is 0.460 e. The fourth-order valence-electron chi connectivity index (χ4n) is 2.58. The van der Waals surface area contributed by atoms with E-state index in [1.54, 1.807) is 18.2 Å². The first kappa shape index (κ1) is 16.7. The van der Waals surface area contributed by atoms with Crippen molar-refractivity contribution in [3.63, 3.8) is 0 Å². The summed E-state index contributed by atoms with van der Waals surface area (Å²) in [5.41, 5.74) is 0.615. The summed E-state index contributed by atoms with van der Waals surface area (Å²) in [4.78, 5) is 26.1. The molecule has 126 valence electrons. The molecule has 0 N–H and O–H groups in total. The lowest BCUT2D eigenvalue weighted by molar-refractivity contribution is 0.0477. The van der Waals surface area contributed by atoms with Gasteiger partial charge in [0.2, 0.25) is 0 Å². The summed E-state index contributed by atoms with van der Waals surface area (Å²) in [5.74, 6) is -1.11. The van der Waals surface area contributed by atoms with Crippen LogP contribution in [-0.2, 0) is 14.8 Å². The number of nitrogens with zero attached hydrogens (tertiary/aromatic N) is 1. The molecule has 3 rings (SSSR count). The number of rotatable bonds is 4. The number of hydrogen-bond acceptors (Lipinski definition) is 6. The van der Waals surface area contributed by atoms with Gasteiger partial charge in [0.25, 0.3) is 15.9 Å². The van der Waals surface area contributed by atoms with Crippen LogP contribution in [0.5, 0.6) is 0 Å². The molecule has 0 fully saturated rings. The van der Waals surface area contributed by atoms with Crippen molar-refractivity contribution < 1.29 is 22.7 Å². The highest BCUT2D eigenvalue weighted by atomic mass is 32.2. The summed E-state index contributed by atoms with van der Waals surface area (Å²) < 4.78 is 30.6. The minimum absolute atomic E-state index is 0.00868. The van der Waals surface area contributed by atoms with Gasteiger partial charge >= 0.3 is 5.97 Å². The topological polar surface area (TPSA) is 80.8 Å². The molecule has 2 aromatic rings. The third-order valence-electron chi connectivity index (χ3n) is 3.70. The lowest BCUT2D eigenvalue weighted by Crippen LogP contribution is -2.33. The molecule has 0 aliphatic carbocycles. The maximum atomic E-state index is 12.4. The molecule has 0 atom stereocenters. The molecule has 1 aromatic heterocycles. The van der Waals surface area contributed by atoms with E-state index in [0.717, 1.165) is 14.1 Å². The Bertz CT molecular complexity index is 930. The third kappa shape index (κ3) is 2.71. The predicted molar refractivity (Wildman–Crippen MR) is 88.7 cm³/mol. The molecule has 0 unspecified atom stereocenters. The van der Waals surface area contributed by atoms with Crippen molar-refractivity contribution in [1.82, 2.24) is 4.31 Å². The first-order chi connectivity index (χ1) is 11.3. The molecule has 2 heterocycles. The van der Waals surface area contributed by atoms with Crippen molar-refractivity contribution >= 4 is 33.2 Å². The summed E-state index contributed by atoms with van der Waals surface area (Å²) in [7, 11) is -3.87. The van der Waals surface area contributed by atoms with E-state index in [2.05, 4.69) is 0 Å². The number of thiophene rings is 1. The van der Waals surface area contributed by atoms with Crippen molar-refractivity contribution in [2.24, 2.45) is 0 Å². The Balaban J connectivity index is 1.69. The second-order valence-corrected chi connectivity index (χ2v) is 8.63. The average molecular weight is 365 g/mol. The predicted octanol–water partition coefficient (Wildman–Crippen LogP) is 2.37. The molecule has 0 spiro atoms. The second kappa shape index (κ2) is 6.03. The number of amides is 1.